The standard InChI is InChI=1S/C19H20BrFN2O2/c1-13(14-5-9-17(21)10-6-14)23(2)18(24)11-12-22-19(25)15-3-7-16(20)8-4-15/h3-10,13H,11-12H2,1-2H3,(H,22,25). The van der Waals surface area contributed by atoms with Crippen molar-refractivity contribution in [1.82, 2.24) is 10.2 Å². The zero-order valence-corrected chi connectivity index (χ0v) is 15.7. The van der Waals surface area contributed by atoms with Crippen molar-refractivity contribution >= 4 is 27.7 Å². The van der Waals surface area contributed by atoms with Gasteiger partial charge in [0.05, 0.1) is 6.04 Å². The van der Waals surface area contributed by atoms with Crippen molar-refractivity contribution in [3.05, 3.63) is 69.9 Å². The first-order valence-corrected chi connectivity index (χ1v) is 8.72. The summed E-state index contributed by atoms with van der Waals surface area (Å²) in [5.41, 5.74) is 1.40. The predicted octanol–water partition coefficient (Wildman–Crippen LogP) is 3.93. The maximum atomic E-state index is 13.0. The van der Waals surface area contributed by atoms with E-state index in [1.165, 1.54) is 12.1 Å². The van der Waals surface area contributed by atoms with Crippen LogP contribution in [0.3, 0.4) is 0 Å². The van der Waals surface area contributed by atoms with Gasteiger partial charge in [-0.1, -0.05) is 28.1 Å². The molecule has 0 aromatic heterocycles. The molecule has 6 heteroatoms. The summed E-state index contributed by atoms with van der Waals surface area (Å²) in [5, 5.41) is 2.74. The van der Waals surface area contributed by atoms with Gasteiger partial charge in [-0.3, -0.25) is 9.59 Å². The zero-order valence-electron chi connectivity index (χ0n) is 14.1. The fraction of sp³-hybridized carbons (Fsp3) is 0.263. The summed E-state index contributed by atoms with van der Waals surface area (Å²) in [6, 6.07) is 12.9. The van der Waals surface area contributed by atoms with E-state index in [0.29, 0.717) is 5.56 Å². The molecule has 0 fully saturated rings. The van der Waals surface area contributed by atoms with E-state index in [1.54, 1.807) is 48.3 Å². The molecular weight excluding hydrogens is 387 g/mol. The van der Waals surface area contributed by atoms with Crippen molar-refractivity contribution in [2.45, 2.75) is 19.4 Å². The van der Waals surface area contributed by atoms with E-state index in [0.717, 1.165) is 10.0 Å². The first-order valence-electron chi connectivity index (χ1n) is 7.93. The molecule has 0 spiro atoms. The molecule has 0 saturated carbocycles. The predicted molar refractivity (Wildman–Crippen MR) is 98.7 cm³/mol. The van der Waals surface area contributed by atoms with Crippen LogP contribution in [-0.4, -0.2) is 30.3 Å². The zero-order chi connectivity index (χ0) is 18.4. The highest BCUT2D eigenvalue weighted by molar-refractivity contribution is 9.10. The highest BCUT2D eigenvalue weighted by Crippen LogP contribution is 2.19. The maximum Gasteiger partial charge on any atom is 0.251 e. The summed E-state index contributed by atoms with van der Waals surface area (Å²) in [5.74, 6) is -0.608. The van der Waals surface area contributed by atoms with E-state index < -0.39 is 0 Å². The molecule has 2 rings (SSSR count). The number of halogens is 2. The minimum Gasteiger partial charge on any atom is -0.352 e. The van der Waals surface area contributed by atoms with Crippen LogP contribution in [0.4, 0.5) is 4.39 Å². The van der Waals surface area contributed by atoms with Crippen LogP contribution in [0.1, 0.15) is 35.3 Å². The highest BCUT2D eigenvalue weighted by Gasteiger charge is 2.17. The fourth-order valence-electron chi connectivity index (χ4n) is 2.34. The number of amides is 2. The Bertz CT molecular complexity index is 732. The molecule has 0 heterocycles. The number of hydrogen-bond donors (Lipinski definition) is 1. The Balaban J connectivity index is 1.83. The third kappa shape index (κ3) is 5.39. The minimum absolute atomic E-state index is 0.0899. The van der Waals surface area contributed by atoms with Crippen LogP contribution in [0.25, 0.3) is 0 Å². The van der Waals surface area contributed by atoms with Crippen LogP contribution in [0.15, 0.2) is 53.0 Å². The lowest BCUT2D eigenvalue weighted by molar-refractivity contribution is -0.131. The molecule has 0 aliphatic heterocycles. The second-order valence-electron chi connectivity index (χ2n) is 5.74. The lowest BCUT2D eigenvalue weighted by Crippen LogP contribution is -2.33. The monoisotopic (exact) mass is 406 g/mol. The molecule has 2 aromatic rings. The van der Waals surface area contributed by atoms with Gasteiger partial charge in [0.15, 0.2) is 0 Å². The Labute approximate surface area is 155 Å². The Hall–Kier alpha value is -2.21. The quantitative estimate of drug-likeness (QED) is 0.789. The van der Waals surface area contributed by atoms with Gasteiger partial charge in [0.2, 0.25) is 5.91 Å². The number of benzene rings is 2. The lowest BCUT2D eigenvalue weighted by atomic mass is 10.1. The van der Waals surface area contributed by atoms with E-state index in [9.17, 15) is 14.0 Å². The minimum atomic E-state index is -0.305. The van der Waals surface area contributed by atoms with Crippen molar-refractivity contribution in [3.63, 3.8) is 0 Å². The van der Waals surface area contributed by atoms with Gasteiger partial charge in [0.25, 0.3) is 5.91 Å². The summed E-state index contributed by atoms with van der Waals surface area (Å²) in [7, 11) is 1.70. The van der Waals surface area contributed by atoms with Crippen molar-refractivity contribution in [2.75, 3.05) is 13.6 Å². The molecule has 1 unspecified atom stereocenters. The Morgan fingerprint density at radius 2 is 1.72 bits per heavy atom. The van der Waals surface area contributed by atoms with E-state index >= 15 is 0 Å². The maximum absolute atomic E-state index is 13.0. The third-order valence-corrected chi connectivity index (χ3v) is 4.59. The number of hydrogen-bond acceptors (Lipinski definition) is 2. The van der Waals surface area contributed by atoms with Crippen LogP contribution in [0.2, 0.25) is 0 Å². The number of nitrogens with zero attached hydrogens (tertiary/aromatic N) is 1. The number of nitrogens with one attached hydrogen (secondary N) is 1. The van der Waals surface area contributed by atoms with Gasteiger partial charge in [-0.2, -0.15) is 0 Å². The number of carbonyl (C=O) groups excluding carboxylic acids is 2. The van der Waals surface area contributed by atoms with Crippen LogP contribution in [0.5, 0.6) is 0 Å². The third-order valence-electron chi connectivity index (χ3n) is 4.06. The van der Waals surface area contributed by atoms with Gasteiger partial charge in [0, 0.05) is 30.0 Å². The summed E-state index contributed by atoms with van der Waals surface area (Å²) >= 11 is 3.32. The molecule has 0 aliphatic carbocycles. The molecule has 4 nitrogen and oxygen atoms in total. The topological polar surface area (TPSA) is 49.4 Å². The van der Waals surface area contributed by atoms with Gasteiger partial charge in [0.1, 0.15) is 5.82 Å². The van der Waals surface area contributed by atoms with Crippen molar-refractivity contribution in [2.24, 2.45) is 0 Å². The first-order chi connectivity index (χ1) is 11.9. The molecule has 0 bridgehead atoms. The fourth-order valence-corrected chi connectivity index (χ4v) is 2.61. The molecular formula is C19H20BrFN2O2. The average molecular weight is 407 g/mol. The number of rotatable bonds is 6. The summed E-state index contributed by atoms with van der Waals surface area (Å²) in [6.45, 7) is 2.14. The first kappa shape index (κ1) is 19.1. The average Bonchev–Trinajstić information content (AvgIpc) is 2.61. The van der Waals surface area contributed by atoms with Gasteiger partial charge in [-0.05, 0) is 48.9 Å². The van der Waals surface area contributed by atoms with Gasteiger partial charge < -0.3 is 10.2 Å². The molecule has 1 N–H and O–H groups in total. The largest absolute Gasteiger partial charge is 0.352 e. The molecule has 1 atom stereocenters. The molecule has 25 heavy (non-hydrogen) atoms. The van der Waals surface area contributed by atoms with Crippen LogP contribution >= 0.6 is 15.9 Å². The second-order valence-corrected chi connectivity index (χ2v) is 6.66. The van der Waals surface area contributed by atoms with Crippen molar-refractivity contribution in [3.8, 4) is 0 Å². The molecule has 2 aromatic carbocycles. The summed E-state index contributed by atoms with van der Waals surface area (Å²) in [4.78, 5) is 25.9. The highest BCUT2D eigenvalue weighted by atomic mass is 79.9. The smallest absolute Gasteiger partial charge is 0.251 e. The van der Waals surface area contributed by atoms with Crippen LogP contribution < -0.4 is 5.32 Å². The van der Waals surface area contributed by atoms with Crippen molar-refractivity contribution < 1.29 is 14.0 Å². The number of carbonyl (C=O) groups is 2. The Morgan fingerprint density at radius 3 is 2.32 bits per heavy atom. The Morgan fingerprint density at radius 1 is 1.12 bits per heavy atom. The van der Waals surface area contributed by atoms with Gasteiger partial charge >= 0.3 is 0 Å². The summed E-state index contributed by atoms with van der Waals surface area (Å²) in [6.07, 6.45) is 0.199. The molecule has 0 saturated heterocycles. The molecule has 0 aliphatic rings. The van der Waals surface area contributed by atoms with Gasteiger partial charge in [-0.25, -0.2) is 4.39 Å². The van der Waals surface area contributed by atoms with E-state index in [-0.39, 0.29) is 36.6 Å². The van der Waals surface area contributed by atoms with E-state index in [1.807, 2.05) is 6.92 Å². The normalized spacial score (nSPS) is 11.7. The molecule has 0 radical (unpaired) electrons. The van der Waals surface area contributed by atoms with Crippen molar-refractivity contribution in [1.29, 1.82) is 0 Å². The molecule has 2 amide bonds. The molecule has 132 valence electrons. The Kier molecular flexibility index (Phi) is 6.70. The summed E-state index contributed by atoms with van der Waals surface area (Å²) < 4.78 is 13.9. The van der Waals surface area contributed by atoms with Gasteiger partial charge in [-0.15, -0.1) is 0 Å². The van der Waals surface area contributed by atoms with E-state index in [4.69, 9.17) is 0 Å². The van der Waals surface area contributed by atoms with Crippen LogP contribution in [-0.2, 0) is 4.79 Å². The lowest BCUT2D eigenvalue weighted by Gasteiger charge is -2.25. The second kappa shape index (κ2) is 8.76. The van der Waals surface area contributed by atoms with E-state index in [2.05, 4.69) is 21.2 Å². The SMILES string of the molecule is CC(c1ccc(F)cc1)N(C)C(=O)CCNC(=O)c1ccc(Br)cc1. The van der Waals surface area contributed by atoms with Crippen LogP contribution in [0, 0.1) is 5.82 Å².